The molecule has 0 atom stereocenters. The Kier molecular flexibility index (Phi) is 1.76. The number of nitrogens with zero attached hydrogens (tertiary/aromatic N) is 1. The van der Waals surface area contributed by atoms with Crippen molar-refractivity contribution < 1.29 is 4.42 Å². The second-order valence-electron chi connectivity index (χ2n) is 1.54. The maximum Gasteiger partial charge on any atom is 0.176 e. The predicted molar refractivity (Wildman–Crippen MR) is 31.2 cm³/mol. The lowest BCUT2D eigenvalue weighted by molar-refractivity contribution is 0.501. The Hall–Kier alpha value is -1.43. The largest absolute Gasteiger partial charge is 0.467 e. The van der Waals surface area contributed by atoms with Gasteiger partial charge in [-0.05, 0) is 12.1 Å². The lowest BCUT2D eigenvalue weighted by atomic mass is 10.4. The van der Waals surface area contributed by atoms with E-state index in [0.717, 1.165) is 5.76 Å². The van der Waals surface area contributed by atoms with Crippen molar-refractivity contribution in [1.29, 1.82) is 5.26 Å². The average Bonchev–Trinajstić information content (AvgIpc) is 2.34. The van der Waals surface area contributed by atoms with Gasteiger partial charge in [-0.1, -0.05) is 0 Å². The van der Waals surface area contributed by atoms with E-state index < -0.39 is 0 Å². The molecular formula is C6H6N2O. The summed E-state index contributed by atoms with van der Waals surface area (Å²) >= 11 is 0. The van der Waals surface area contributed by atoms with Gasteiger partial charge in [-0.25, -0.2) is 0 Å². The second-order valence-corrected chi connectivity index (χ2v) is 1.54. The molecule has 1 rings (SSSR count). The van der Waals surface area contributed by atoms with Crippen molar-refractivity contribution in [3.8, 4) is 6.19 Å². The molecule has 0 unspecified atom stereocenters. The fraction of sp³-hybridized carbons (Fsp3) is 0.167. The van der Waals surface area contributed by atoms with Crippen LogP contribution in [0, 0.1) is 11.5 Å². The summed E-state index contributed by atoms with van der Waals surface area (Å²) in [5.74, 6) is 0.775. The summed E-state index contributed by atoms with van der Waals surface area (Å²) in [5.41, 5.74) is 0. The topological polar surface area (TPSA) is 49.0 Å². The summed E-state index contributed by atoms with van der Waals surface area (Å²) in [6.07, 6.45) is 3.37. The number of hydrogen-bond donors (Lipinski definition) is 1. The smallest absolute Gasteiger partial charge is 0.176 e. The Morgan fingerprint density at radius 1 is 1.78 bits per heavy atom. The van der Waals surface area contributed by atoms with Crippen LogP contribution in [-0.4, -0.2) is 0 Å². The van der Waals surface area contributed by atoms with Crippen LogP contribution >= 0.6 is 0 Å². The van der Waals surface area contributed by atoms with E-state index in [1.807, 2.05) is 6.07 Å². The van der Waals surface area contributed by atoms with Gasteiger partial charge in [-0.15, -0.1) is 0 Å². The average molecular weight is 122 g/mol. The molecule has 3 nitrogen and oxygen atoms in total. The Balaban J connectivity index is 2.41. The highest BCUT2D eigenvalue weighted by Gasteiger charge is 1.89. The van der Waals surface area contributed by atoms with Gasteiger partial charge in [0.05, 0.1) is 12.8 Å². The maximum atomic E-state index is 8.06. The summed E-state index contributed by atoms with van der Waals surface area (Å²) in [6.45, 7) is 0.476. The zero-order valence-electron chi connectivity index (χ0n) is 4.79. The molecule has 0 radical (unpaired) electrons. The van der Waals surface area contributed by atoms with Gasteiger partial charge >= 0.3 is 0 Å². The second kappa shape index (κ2) is 2.78. The minimum absolute atomic E-state index is 0.476. The van der Waals surface area contributed by atoms with Gasteiger partial charge in [-0.2, -0.15) is 5.26 Å². The molecule has 0 saturated heterocycles. The molecule has 0 aromatic carbocycles. The lowest BCUT2D eigenvalue weighted by Crippen LogP contribution is -2.02. The molecule has 1 aromatic rings. The van der Waals surface area contributed by atoms with Gasteiger partial charge in [0.1, 0.15) is 5.76 Å². The predicted octanol–water partition coefficient (Wildman–Crippen LogP) is 0.850. The fourth-order valence-corrected chi connectivity index (χ4v) is 0.540. The van der Waals surface area contributed by atoms with E-state index in [-0.39, 0.29) is 0 Å². The van der Waals surface area contributed by atoms with E-state index in [2.05, 4.69) is 5.32 Å². The third-order valence-electron chi connectivity index (χ3n) is 0.922. The SMILES string of the molecule is N#CNCc1ccco1. The minimum Gasteiger partial charge on any atom is -0.467 e. The van der Waals surface area contributed by atoms with E-state index in [4.69, 9.17) is 9.68 Å². The molecule has 0 aliphatic carbocycles. The van der Waals surface area contributed by atoms with E-state index >= 15 is 0 Å². The Morgan fingerprint density at radius 2 is 2.67 bits per heavy atom. The van der Waals surface area contributed by atoms with Crippen molar-refractivity contribution in [3.05, 3.63) is 24.2 Å². The zero-order valence-corrected chi connectivity index (χ0v) is 4.79. The molecule has 0 amide bonds. The molecule has 0 aliphatic heterocycles. The molecule has 0 bridgehead atoms. The van der Waals surface area contributed by atoms with Gasteiger partial charge in [0.25, 0.3) is 0 Å². The lowest BCUT2D eigenvalue weighted by Gasteiger charge is -1.88. The van der Waals surface area contributed by atoms with E-state index in [1.165, 1.54) is 0 Å². The van der Waals surface area contributed by atoms with E-state index in [9.17, 15) is 0 Å². The number of hydrogen-bond acceptors (Lipinski definition) is 3. The summed E-state index contributed by atoms with van der Waals surface area (Å²) in [5, 5.41) is 10.5. The fourth-order valence-electron chi connectivity index (χ4n) is 0.540. The molecule has 0 aliphatic rings. The van der Waals surface area contributed by atoms with Crippen LogP contribution in [0.3, 0.4) is 0 Å². The molecule has 1 N–H and O–H groups in total. The third-order valence-corrected chi connectivity index (χ3v) is 0.922. The maximum absolute atomic E-state index is 8.06. The van der Waals surface area contributed by atoms with Crippen molar-refractivity contribution in [2.24, 2.45) is 0 Å². The minimum atomic E-state index is 0.476. The van der Waals surface area contributed by atoms with Crippen LogP contribution in [0.15, 0.2) is 22.8 Å². The molecule has 1 aromatic heterocycles. The Labute approximate surface area is 52.9 Å². The van der Waals surface area contributed by atoms with Crippen LogP contribution in [0.2, 0.25) is 0 Å². The Bertz CT molecular complexity index is 197. The van der Waals surface area contributed by atoms with Gasteiger partial charge in [0.2, 0.25) is 0 Å². The summed E-state index contributed by atoms with van der Waals surface area (Å²) in [7, 11) is 0. The van der Waals surface area contributed by atoms with Crippen LogP contribution in [0.25, 0.3) is 0 Å². The van der Waals surface area contributed by atoms with Crippen molar-refractivity contribution in [2.75, 3.05) is 0 Å². The highest BCUT2D eigenvalue weighted by molar-refractivity contribution is 4.98. The molecule has 0 fully saturated rings. The summed E-state index contributed by atoms with van der Waals surface area (Å²) in [6, 6.07) is 3.60. The van der Waals surface area contributed by atoms with Crippen molar-refractivity contribution in [2.45, 2.75) is 6.54 Å². The Morgan fingerprint density at radius 3 is 3.22 bits per heavy atom. The van der Waals surface area contributed by atoms with Gasteiger partial charge in [0.15, 0.2) is 6.19 Å². The first kappa shape index (κ1) is 5.70. The van der Waals surface area contributed by atoms with Crippen molar-refractivity contribution in [1.82, 2.24) is 5.32 Å². The van der Waals surface area contributed by atoms with E-state index in [1.54, 1.807) is 18.5 Å². The quantitative estimate of drug-likeness (QED) is 0.467. The molecule has 3 heteroatoms. The first-order valence-corrected chi connectivity index (χ1v) is 2.58. The van der Waals surface area contributed by atoms with Gasteiger partial charge < -0.3 is 9.73 Å². The normalized spacial score (nSPS) is 8.33. The number of nitriles is 1. The van der Waals surface area contributed by atoms with Crippen LogP contribution in [0.5, 0.6) is 0 Å². The van der Waals surface area contributed by atoms with Crippen LogP contribution in [-0.2, 0) is 6.54 Å². The molecule has 46 valence electrons. The highest BCUT2D eigenvalue weighted by Crippen LogP contribution is 1.97. The first-order valence-electron chi connectivity index (χ1n) is 2.58. The first-order chi connectivity index (χ1) is 4.43. The standard InChI is InChI=1S/C6H6N2O/c7-5-8-4-6-2-1-3-9-6/h1-3,8H,4H2. The van der Waals surface area contributed by atoms with E-state index in [0.29, 0.717) is 6.54 Å². The van der Waals surface area contributed by atoms with Crippen LogP contribution in [0.1, 0.15) is 5.76 Å². The number of rotatable bonds is 2. The molecular weight excluding hydrogens is 116 g/mol. The number of furan rings is 1. The van der Waals surface area contributed by atoms with Gasteiger partial charge in [-0.3, -0.25) is 0 Å². The monoisotopic (exact) mass is 122 g/mol. The summed E-state index contributed by atoms with van der Waals surface area (Å²) in [4.78, 5) is 0. The van der Waals surface area contributed by atoms with Crippen LogP contribution < -0.4 is 5.32 Å². The molecule has 1 heterocycles. The zero-order chi connectivity index (χ0) is 6.53. The van der Waals surface area contributed by atoms with Crippen molar-refractivity contribution >= 4 is 0 Å². The van der Waals surface area contributed by atoms with Crippen LogP contribution in [0.4, 0.5) is 0 Å². The van der Waals surface area contributed by atoms with Gasteiger partial charge in [0, 0.05) is 0 Å². The third kappa shape index (κ3) is 1.50. The molecule has 9 heavy (non-hydrogen) atoms. The van der Waals surface area contributed by atoms with Crippen molar-refractivity contribution in [3.63, 3.8) is 0 Å². The number of nitrogens with one attached hydrogen (secondary N) is 1. The summed E-state index contributed by atoms with van der Waals surface area (Å²) < 4.78 is 4.92. The molecule has 0 spiro atoms. The highest BCUT2D eigenvalue weighted by atomic mass is 16.3. The molecule has 0 saturated carbocycles.